The minimum absolute atomic E-state index is 0.245. The molecule has 101 valence electrons. The minimum atomic E-state index is -0.670. The van der Waals surface area contributed by atoms with Gasteiger partial charge in [-0.3, -0.25) is 14.7 Å². The molecule has 0 saturated carbocycles. The number of halogens is 1. The van der Waals surface area contributed by atoms with Gasteiger partial charge in [0.2, 0.25) is 5.91 Å². The topological polar surface area (TPSA) is 76.3 Å². The van der Waals surface area contributed by atoms with Crippen molar-refractivity contribution in [2.24, 2.45) is 5.73 Å². The Balaban J connectivity index is 2.13. The van der Waals surface area contributed by atoms with Crippen molar-refractivity contribution in [3.8, 4) is 0 Å². The molecular formula is C13H15BrN3O2. The number of carbonyl (C=O) groups excluding carboxylic acids is 2. The van der Waals surface area contributed by atoms with Gasteiger partial charge in [0.25, 0.3) is 0 Å². The van der Waals surface area contributed by atoms with E-state index in [1.165, 1.54) is 0 Å². The number of nitrogens with zero attached hydrogens (tertiary/aromatic N) is 2. The molecule has 3 amide bonds. The zero-order chi connectivity index (χ0) is 13.8. The number of amides is 3. The first-order valence-corrected chi connectivity index (χ1v) is 6.92. The standard InChI is InChI=1S/C13H15BrN3O2/c14-11-6-9(7-16-8-11)5-10-3-1-2-4-17(12(10)18)13(15)19/h6-8H,1-5H2,(H2,15,19). The first-order chi connectivity index (χ1) is 9.08. The van der Waals surface area contributed by atoms with Crippen LogP contribution in [0.1, 0.15) is 24.8 Å². The average Bonchev–Trinajstić information content (AvgIpc) is 2.53. The Bertz CT molecular complexity index is 493. The number of primary amides is 1. The van der Waals surface area contributed by atoms with Gasteiger partial charge in [0, 0.05) is 23.4 Å². The van der Waals surface area contributed by atoms with Crippen molar-refractivity contribution in [3.05, 3.63) is 34.4 Å². The van der Waals surface area contributed by atoms with Gasteiger partial charge < -0.3 is 5.73 Å². The van der Waals surface area contributed by atoms with Crippen molar-refractivity contribution < 1.29 is 9.59 Å². The van der Waals surface area contributed by atoms with Crippen molar-refractivity contribution in [1.29, 1.82) is 0 Å². The van der Waals surface area contributed by atoms with E-state index in [1.807, 2.05) is 6.07 Å². The smallest absolute Gasteiger partial charge is 0.321 e. The SMILES string of the molecule is NC(=O)N1CCCC[C](Cc2cncc(Br)c2)C1=O. The summed E-state index contributed by atoms with van der Waals surface area (Å²) in [5, 5.41) is 0. The second kappa shape index (κ2) is 6.14. The third kappa shape index (κ3) is 3.53. The highest BCUT2D eigenvalue weighted by molar-refractivity contribution is 9.10. The van der Waals surface area contributed by atoms with E-state index in [2.05, 4.69) is 20.9 Å². The molecule has 5 nitrogen and oxygen atoms in total. The van der Waals surface area contributed by atoms with Crippen LogP contribution in [0.25, 0.3) is 0 Å². The van der Waals surface area contributed by atoms with E-state index in [9.17, 15) is 9.59 Å². The molecule has 1 aliphatic rings. The van der Waals surface area contributed by atoms with Crippen molar-refractivity contribution in [2.45, 2.75) is 25.7 Å². The Morgan fingerprint density at radius 3 is 2.89 bits per heavy atom. The molecule has 0 unspecified atom stereocenters. The molecular weight excluding hydrogens is 310 g/mol. The largest absolute Gasteiger partial charge is 0.351 e. The van der Waals surface area contributed by atoms with Gasteiger partial charge in [-0.25, -0.2) is 4.79 Å². The lowest BCUT2D eigenvalue weighted by Crippen LogP contribution is -2.43. The van der Waals surface area contributed by atoms with Gasteiger partial charge in [-0.15, -0.1) is 0 Å². The number of imide groups is 1. The molecule has 0 aromatic carbocycles. The first kappa shape index (κ1) is 14.0. The van der Waals surface area contributed by atoms with Crippen LogP contribution < -0.4 is 5.73 Å². The zero-order valence-electron chi connectivity index (χ0n) is 10.4. The molecule has 2 N–H and O–H groups in total. The summed E-state index contributed by atoms with van der Waals surface area (Å²) >= 11 is 3.35. The molecule has 0 aliphatic carbocycles. The number of nitrogens with two attached hydrogens (primary N) is 1. The minimum Gasteiger partial charge on any atom is -0.351 e. The molecule has 1 saturated heterocycles. The molecule has 1 fully saturated rings. The van der Waals surface area contributed by atoms with Crippen LogP contribution >= 0.6 is 15.9 Å². The highest BCUT2D eigenvalue weighted by Crippen LogP contribution is 2.24. The predicted octanol–water partition coefficient (Wildman–Crippen LogP) is 2.05. The fraction of sp³-hybridized carbons (Fsp3) is 0.385. The lowest BCUT2D eigenvalue weighted by Gasteiger charge is -2.20. The van der Waals surface area contributed by atoms with Gasteiger partial charge in [0.1, 0.15) is 0 Å². The van der Waals surface area contributed by atoms with E-state index < -0.39 is 6.03 Å². The Labute approximate surface area is 120 Å². The zero-order valence-corrected chi connectivity index (χ0v) is 12.0. The van der Waals surface area contributed by atoms with E-state index >= 15 is 0 Å². The second-order valence-electron chi connectivity index (χ2n) is 4.54. The lowest BCUT2D eigenvalue weighted by molar-refractivity contribution is -0.126. The first-order valence-electron chi connectivity index (χ1n) is 6.13. The van der Waals surface area contributed by atoms with Gasteiger partial charge in [0.05, 0.1) is 5.92 Å². The van der Waals surface area contributed by atoms with Gasteiger partial charge in [0.15, 0.2) is 0 Å². The third-order valence-electron chi connectivity index (χ3n) is 3.10. The van der Waals surface area contributed by atoms with Crippen LogP contribution in [0, 0.1) is 5.92 Å². The summed E-state index contributed by atoms with van der Waals surface area (Å²) in [6.45, 7) is 0.411. The normalized spacial score (nSPS) is 17.3. The number of urea groups is 1. The summed E-state index contributed by atoms with van der Waals surface area (Å²) in [6.07, 6.45) is 6.33. The fourth-order valence-electron chi connectivity index (χ4n) is 2.18. The number of rotatable bonds is 2. The molecule has 0 atom stereocenters. The summed E-state index contributed by atoms with van der Waals surface area (Å²) in [5.41, 5.74) is 6.19. The van der Waals surface area contributed by atoms with E-state index in [-0.39, 0.29) is 5.91 Å². The van der Waals surface area contributed by atoms with E-state index in [4.69, 9.17) is 5.73 Å². The Hall–Kier alpha value is -1.43. The van der Waals surface area contributed by atoms with E-state index in [0.29, 0.717) is 19.4 Å². The summed E-state index contributed by atoms with van der Waals surface area (Å²) in [4.78, 5) is 28.7. The maximum atomic E-state index is 12.2. The number of carbonyl (C=O) groups is 2. The molecule has 1 aromatic rings. The Kier molecular flexibility index (Phi) is 4.52. The molecule has 1 aliphatic heterocycles. The highest BCUT2D eigenvalue weighted by Gasteiger charge is 2.30. The third-order valence-corrected chi connectivity index (χ3v) is 3.54. The molecule has 1 radical (unpaired) electrons. The van der Waals surface area contributed by atoms with Crippen LogP contribution in [0.5, 0.6) is 0 Å². The van der Waals surface area contributed by atoms with Crippen LogP contribution in [0.4, 0.5) is 4.79 Å². The monoisotopic (exact) mass is 324 g/mol. The summed E-state index contributed by atoms with van der Waals surface area (Å²) < 4.78 is 0.874. The highest BCUT2D eigenvalue weighted by atomic mass is 79.9. The molecule has 2 rings (SSSR count). The van der Waals surface area contributed by atoms with Gasteiger partial charge >= 0.3 is 6.03 Å². The molecule has 0 spiro atoms. The lowest BCUT2D eigenvalue weighted by atomic mass is 9.95. The summed E-state index contributed by atoms with van der Waals surface area (Å²) in [5.74, 6) is 0.473. The van der Waals surface area contributed by atoms with Crippen LogP contribution in [0.15, 0.2) is 22.9 Å². The number of hydrogen-bond donors (Lipinski definition) is 1. The van der Waals surface area contributed by atoms with Crippen LogP contribution in [0.3, 0.4) is 0 Å². The fourth-order valence-corrected chi connectivity index (χ4v) is 2.59. The van der Waals surface area contributed by atoms with Crippen molar-refractivity contribution >= 4 is 27.9 Å². The number of aromatic nitrogens is 1. The number of hydrogen-bond acceptors (Lipinski definition) is 3. The van der Waals surface area contributed by atoms with Crippen LogP contribution in [-0.2, 0) is 11.2 Å². The molecule has 6 heteroatoms. The van der Waals surface area contributed by atoms with Crippen molar-refractivity contribution in [2.75, 3.05) is 6.54 Å². The summed E-state index contributed by atoms with van der Waals surface area (Å²) in [6, 6.07) is 1.25. The maximum absolute atomic E-state index is 12.2. The molecule has 19 heavy (non-hydrogen) atoms. The van der Waals surface area contributed by atoms with Crippen LogP contribution in [-0.4, -0.2) is 28.4 Å². The van der Waals surface area contributed by atoms with E-state index in [1.54, 1.807) is 12.4 Å². The van der Waals surface area contributed by atoms with Gasteiger partial charge in [-0.2, -0.15) is 0 Å². The molecule has 1 aromatic heterocycles. The van der Waals surface area contributed by atoms with Crippen molar-refractivity contribution in [3.63, 3.8) is 0 Å². The Morgan fingerprint density at radius 2 is 2.21 bits per heavy atom. The quantitative estimate of drug-likeness (QED) is 0.904. The van der Waals surface area contributed by atoms with Crippen LogP contribution in [0.2, 0.25) is 0 Å². The average molecular weight is 325 g/mol. The number of pyridine rings is 1. The summed E-state index contributed by atoms with van der Waals surface area (Å²) in [7, 11) is 0. The predicted molar refractivity (Wildman–Crippen MR) is 74.0 cm³/mol. The van der Waals surface area contributed by atoms with Gasteiger partial charge in [-0.1, -0.05) is 6.42 Å². The second-order valence-corrected chi connectivity index (χ2v) is 5.46. The maximum Gasteiger partial charge on any atom is 0.321 e. The van der Waals surface area contributed by atoms with Crippen molar-refractivity contribution in [1.82, 2.24) is 9.88 Å². The van der Waals surface area contributed by atoms with Gasteiger partial charge in [-0.05, 0) is 46.8 Å². The Morgan fingerprint density at radius 1 is 1.42 bits per heavy atom. The van der Waals surface area contributed by atoms with E-state index in [0.717, 1.165) is 33.7 Å². The molecule has 0 bridgehead atoms. The molecule has 2 heterocycles. The number of likely N-dealkylation sites (tertiary alicyclic amines) is 1.